The molecule has 7 rings (SSSR count). The van der Waals surface area contributed by atoms with Gasteiger partial charge in [-0.3, -0.25) is 4.90 Å². The lowest BCUT2D eigenvalue weighted by Gasteiger charge is -2.36. The van der Waals surface area contributed by atoms with Crippen molar-refractivity contribution in [2.75, 3.05) is 31.1 Å². The van der Waals surface area contributed by atoms with Gasteiger partial charge in [-0.15, -0.1) is 11.3 Å². The minimum absolute atomic E-state index is 0.00432. The van der Waals surface area contributed by atoms with Crippen molar-refractivity contribution in [3.8, 4) is 21.8 Å². The third kappa shape index (κ3) is 6.03. The average Bonchev–Trinajstić information content (AvgIpc) is 3.92. The van der Waals surface area contributed by atoms with Gasteiger partial charge in [0.1, 0.15) is 15.7 Å². The highest BCUT2D eigenvalue weighted by Gasteiger charge is 2.32. The molecule has 1 aliphatic heterocycles. The van der Waals surface area contributed by atoms with Crippen LogP contribution in [0.3, 0.4) is 0 Å². The van der Waals surface area contributed by atoms with Gasteiger partial charge in [0.25, 0.3) is 0 Å². The van der Waals surface area contributed by atoms with Crippen molar-refractivity contribution in [2.24, 2.45) is 11.1 Å². The van der Waals surface area contributed by atoms with Crippen molar-refractivity contribution < 1.29 is 22.7 Å². The fourth-order valence-corrected chi connectivity index (χ4v) is 7.63. The van der Waals surface area contributed by atoms with E-state index < -0.39 is 26.7 Å². The van der Waals surface area contributed by atoms with Crippen molar-refractivity contribution >= 4 is 33.0 Å². The molecule has 44 heavy (non-hydrogen) atoms. The van der Waals surface area contributed by atoms with Crippen molar-refractivity contribution in [2.45, 2.75) is 49.6 Å². The molecule has 2 aromatic heterocycles. The number of piperazine rings is 1. The lowest BCUT2D eigenvalue weighted by Crippen LogP contribution is -2.47. The SMILES string of the molecule is NS(=O)(=O)c1ccc(Cn2c(-c3cccc(N4CCN(C5CC5)CC4)c3)cc(-c3nc(C(=O)O)cs3)c2CC2CC2)cc1F. The van der Waals surface area contributed by atoms with Gasteiger partial charge < -0.3 is 14.6 Å². The van der Waals surface area contributed by atoms with Crippen molar-refractivity contribution in [1.82, 2.24) is 14.5 Å². The first kappa shape index (κ1) is 29.1. The Kier molecular flexibility index (Phi) is 7.56. The average molecular weight is 636 g/mol. The number of rotatable bonds is 10. The maximum atomic E-state index is 14.9. The largest absolute Gasteiger partial charge is 0.476 e. The van der Waals surface area contributed by atoms with Crippen LogP contribution in [-0.2, 0) is 23.0 Å². The Balaban J connectivity index is 1.31. The van der Waals surface area contributed by atoms with E-state index in [1.165, 1.54) is 36.3 Å². The van der Waals surface area contributed by atoms with Crippen LogP contribution in [-0.4, -0.2) is 66.2 Å². The van der Waals surface area contributed by atoms with Gasteiger partial charge >= 0.3 is 5.97 Å². The summed E-state index contributed by atoms with van der Waals surface area (Å²) in [4.78, 5) is 20.6. The molecule has 12 heteroatoms. The molecule has 1 saturated heterocycles. The molecule has 2 aliphatic carbocycles. The number of hydrogen-bond donors (Lipinski definition) is 2. The first-order valence-corrected chi connectivity index (χ1v) is 17.4. The number of carboxylic acid groups (broad SMARTS) is 1. The Hall–Kier alpha value is -3.58. The summed E-state index contributed by atoms with van der Waals surface area (Å²) in [6.45, 7) is 4.33. The van der Waals surface area contributed by atoms with Crippen molar-refractivity contribution in [3.05, 3.63) is 76.7 Å². The van der Waals surface area contributed by atoms with Crippen LogP contribution in [0.4, 0.5) is 10.1 Å². The first-order valence-electron chi connectivity index (χ1n) is 15.0. The normalized spacial score (nSPS) is 17.7. The Morgan fingerprint density at radius 1 is 1.05 bits per heavy atom. The van der Waals surface area contributed by atoms with Gasteiger partial charge in [-0.05, 0) is 73.9 Å². The molecular formula is C32H34FN5O4S2. The number of sulfonamides is 1. The molecule has 4 aromatic rings. The van der Waals surface area contributed by atoms with E-state index in [9.17, 15) is 22.7 Å². The molecule has 0 amide bonds. The molecular weight excluding hydrogens is 602 g/mol. The fourth-order valence-electron chi connectivity index (χ4n) is 6.21. The number of halogens is 1. The highest BCUT2D eigenvalue weighted by atomic mass is 32.2. The molecule has 2 aromatic carbocycles. The molecule has 0 radical (unpaired) electrons. The number of nitrogens with two attached hydrogens (primary N) is 1. The summed E-state index contributed by atoms with van der Waals surface area (Å²) in [5, 5.41) is 16.9. The number of hydrogen-bond acceptors (Lipinski definition) is 7. The molecule has 0 unspecified atom stereocenters. The third-order valence-corrected chi connectivity index (χ3v) is 10.7. The van der Waals surface area contributed by atoms with Gasteiger partial charge in [0, 0.05) is 72.3 Å². The number of anilines is 1. The van der Waals surface area contributed by atoms with Gasteiger partial charge in [-0.25, -0.2) is 27.7 Å². The van der Waals surface area contributed by atoms with E-state index in [2.05, 4.69) is 49.7 Å². The minimum Gasteiger partial charge on any atom is -0.476 e. The van der Waals surface area contributed by atoms with E-state index in [0.717, 1.165) is 79.7 Å². The second kappa shape index (κ2) is 11.4. The predicted octanol–water partition coefficient (Wildman–Crippen LogP) is 5.05. The van der Waals surface area contributed by atoms with Crippen LogP contribution in [0.2, 0.25) is 0 Å². The summed E-state index contributed by atoms with van der Waals surface area (Å²) in [6.07, 6.45) is 5.60. The number of aromatic carboxylic acids is 1. The summed E-state index contributed by atoms with van der Waals surface area (Å²) in [6, 6.07) is 15.3. The number of carboxylic acids is 1. The number of benzene rings is 2. The van der Waals surface area contributed by atoms with Crippen LogP contribution in [0.15, 0.2) is 58.8 Å². The zero-order valence-corrected chi connectivity index (χ0v) is 25.8. The predicted molar refractivity (Wildman–Crippen MR) is 168 cm³/mol. The Morgan fingerprint density at radius 2 is 1.82 bits per heavy atom. The van der Waals surface area contributed by atoms with Crippen LogP contribution in [0.25, 0.3) is 21.8 Å². The Bertz CT molecular complexity index is 1840. The highest BCUT2D eigenvalue weighted by molar-refractivity contribution is 7.89. The maximum Gasteiger partial charge on any atom is 0.355 e. The van der Waals surface area contributed by atoms with Crippen molar-refractivity contribution in [1.29, 1.82) is 0 Å². The summed E-state index contributed by atoms with van der Waals surface area (Å²) in [5.74, 6) is -1.46. The van der Waals surface area contributed by atoms with Gasteiger partial charge in [0.15, 0.2) is 5.69 Å². The van der Waals surface area contributed by atoms with E-state index in [1.807, 2.05) is 0 Å². The van der Waals surface area contributed by atoms with Crippen LogP contribution < -0.4 is 10.0 Å². The Morgan fingerprint density at radius 3 is 2.45 bits per heavy atom. The smallest absolute Gasteiger partial charge is 0.355 e. The fraction of sp³-hybridized carbons (Fsp3) is 0.375. The van der Waals surface area contributed by atoms with Crippen LogP contribution >= 0.6 is 11.3 Å². The molecule has 3 N–H and O–H groups in total. The standard InChI is InChI=1S/C32H34FN5O4S2/c33-26-14-21(6-9-30(26)44(34,41)42)18-38-28(17-25(29(38)15-20-4-5-20)31-35-27(19-43-31)32(39)40)22-2-1-3-24(16-22)37-12-10-36(11-13-37)23-7-8-23/h1-3,6,9,14,16-17,19-20,23H,4-5,7-8,10-13,15,18H2,(H,39,40)(H2,34,41,42). The number of primary sulfonamides is 1. The van der Waals surface area contributed by atoms with E-state index in [1.54, 1.807) is 11.4 Å². The monoisotopic (exact) mass is 635 g/mol. The van der Waals surface area contributed by atoms with Gasteiger partial charge in [0.2, 0.25) is 10.0 Å². The topological polar surface area (TPSA) is 122 Å². The quantitative estimate of drug-likeness (QED) is 0.250. The third-order valence-electron chi connectivity index (χ3n) is 8.87. The van der Waals surface area contributed by atoms with E-state index >= 15 is 0 Å². The second-order valence-corrected chi connectivity index (χ2v) is 14.5. The molecule has 3 aliphatic rings. The number of thiazole rings is 1. The highest BCUT2D eigenvalue weighted by Crippen LogP contribution is 2.41. The lowest BCUT2D eigenvalue weighted by molar-refractivity contribution is 0.0691. The summed E-state index contributed by atoms with van der Waals surface area (Å²) >= 11 is 1.30. The summed E-state index contributed by atoms with van der Waals surface area (Å²) in [5.41, 5.74) is 5.52. The number of nitrogens with zero attached hydrogens (tertiary/aromatic N) is 4. The molecule has 9 nitrogen and oxygen atoms in total. The van der Waals surface area contributed by atoms with Crippen LogP contribution in [0, 0.1) is 11.7 Å². The van der Waals surface area contributed by atoms with Gasteiger partial charge in [-0.2, -0.15) is 0 Å². The summed E-state index contributed by atoms with van der Waals surface area (Å²) < 4.78 is 40.8. The number of carbonyl (C=O) groups is 1. The van der Waals surface area contributed by atoms with E-state index in [0.29, 0.717) is 23.0 Å². The first-order chi connectivity index (χ1) is 21.1. The molecule has 2 saturated carbocycles. The molecule has 3 fully saturated rings. The Labute approximate surface area is 259 Å². The lowest BCUT2D eigenvalue weighted by atomic mass is 10.1. The van der Waals surface area contributed by atoms with Gasteiger partial charge in [-0.1, -0.05) is 18.2 Å². The maximum absolute atomic E-state index is 14.9. The zero-order chi connectivity index (χ0) is 30.6. The molecule has 0 bridgehead atoms. The van der Waals surface area contributed by atoms with E-state index in [-0.39, 0.29) is 5.69 Å². The molecule has 230 valence electrons. The van der Waals surface area contributed by atoms with Gasteiger partial charge in [0.05, 0.1) is 0 Å². The minimum atomic E-state index is -4.19. The van der Waals surface area contributed by atoms with Crippen molar-refractivity contribution in [3.63, 3.8) is 0 Å². The molecule has 0 spiro atoms. The second-order valence-electron chi connectivity index (χ2n) is 12.1. The number of aromatic nitrogens is 2. The molecule has 3 heterocycles. The summed E-state index contributed by atoms with van der Waals surface area (Å²) in [7, 11) is -4.19. The van der Waals surface area contributed by atoms with Crippen LogP contribution in [0.1, 0.15) is 47.4 Å². The molecule has 0 atom stereocenters. The van der Waals surface area contributed by atoms with Crippen LogP contribution in [0.5, 0.6) is 0 Å². The van der Waals surface area contributed by atoms with E-state index in [4.69, 9.17) is 5.14 Å². The zero-order valence-electron chi connectivity index (χ0n) is 24.2.